The highest BCUT2D eigenvalue weighted by atomic mass is 79.9. The normalized spacial score (nSPS) is 13.4. The zero-order chi connectivity index (χ0) is 15.9. The Bertz CT molecular complexity index is 628. The van der Waals surface area contributed by atoms with E-state index < -0.39 is 5.38 Å². The van der Waals surface area contributed by atoms with Gasteiger partial charge < -0.3 is 0 Å². The van der Waals surface area contributed by atoms with Gasteiger partial charge in [0.2, 0.25) is 0 Å². The van der Waals surface area contributed by atoms with Crippen LogP contribution < -0.4 is 0 Å². The van der Waals surface area contributed by atoms with Gasteiger partial charge in [0.15, 0.2) is 5.78 Å². The fraction of sp³-hybridized carbons (Fsp3) is 0.222. The quantitative estimate of drug-likeness (QED) is 0.520. The van der Waals surface area contributed by atoms with Crippen molar-refractivity contribution < 1.29 is 9.59 Å². The smallest absolute Gasteiger partial charge is 0.181 e. The molecule has 22 heavy (non-hydrogen) atoms. The molecular formula is C18H16BrClO2. The Morgan fingerprint density at radius 1 is 0.955 bits per heavy atom. The van der Waals surface area contributed by atoms with Crippen molar-refractivity contribution in [1.29, 1.82) is 0 Å². The van der Waals surface area contributed by atoms with Crippen molar-refractivity contribution in [2.75, 3.05) is 5.33 Å². The van der Waals surface area contributed by atoms with Crippen LogP contribution >= 0.6 is 27.5 Å². The number of Topliss-reactive ketones (excluding diaryl/α,β-unsaturated/α-hetero) is 2. The maximum absolute atomic E-state index is 12.5. The van der Waals surface area contributed by atoms with Gasteiger partial charge in [-0.05, 0) is 5.56 Å². The molecule has 0 N–H and O–H groups in total. The van der Waals surface area contributed by atoms with Crippen molar-refractivity contribution >= 4 is 39.1 Å². The van der Waals surface area contributed by atoms with Crippen LogP contribution in [-0.2, 0) is 4.79 Å². The molecule has 0 saturated heterocycles. The molecule has 0 bridgehead atoms. The molecule has 0 aromatic heterocycles. The number of benzene rings is 2. The number of halogens is 2. The predicted octanol–water partition coefficient (Wildman–Crippen LogP) is 4.61. The zero-order valence-corrected chi connectivity index (χ0v) is 14.3. The molecule has 0 aliphatic carbocycles. The van der Waals surface area contributed by atoms with Gasteiger partial charge in [0.05, 0.1) is 5.92 Å². The van der Waals surface area contributed by atoms with Crippen LogP contribution in [0.4, 0.5) is 0 Å². The first-order chi connectivity index (χ1) is 10.6. The Morgan fingerprint density at radius 3 is 2.05 bits per heavy atom. The van der Waals surface area contributed by atoms with Crippen LogP contribution in [0.25, 0.3) is 0 Å². The minimum absolute atomic E-state index is 0.0282. The number of carbonyl (C=O) groups is 2. The first-order valence-electron chi connectivity index (χ1n) is 7.00. The maximum Gasteiger partial charge on any atom is 0.181 e. The van der Waals surface area contributed by atoms with Crippen molar-refractivity contribution in [3.8, 4) is 0 Å². The van der Waals surface area contributed by atoms with E-state index in [2.05, 4.69) is 15.9 Å². The van der Waals surface area contributed by atoms with Gasteiger partial charge in [-0.15, -0.1) is 11.6 Å². The highest BCUT2D eigenvalue weighted by Crippen LogP contribution is 2.23. The summed E-state index contributed by atoms with van der Waals surface area (Å²) in [4.78, 5) is 24.7. The molecule has 0 aliphatic rings. The fourth-order valence-corrected chi connectivity index (χ4v) is 3.25. The van der Waals surface area contributed by atoms with E-state index in [1.807, 2.05) is 36.4 Å². The summed E-state index contributed by atoms with van der Waals surface area (Å²) < 4.78 is 0. The van der Waals surface area contributed by atoms with Gasteiger partial charge in [-0.2, -0.15) is 0 Å². The van der Waals surface area contributed by atoms with Gasteiger partial charge in [-0.3, -0.25) is 9.59 Å². The molecule has 0 amide bonds. The largest absolute Gasteiger partial charge is 0.299 e. The Labute approximate surface area is 143 Å². The Kier molecular flexibility index (Phi) is 6.34. The van der Waals surface area contributed by atoms with Gasteiger partial charge in [0.25, 0.3) is 0 Å². The first kappa shape index (κ1) is 16.9. The second-order valence-corrected chi connectivity index (χ2v) is 6.16. The summed E-state index contributed by atoms with van der Waals surface area (Å²) >= 11 is 9.54. The SMILES string of the molecule is O=C(c1ccccc1)C(Cl)CC(=O)C(CBr)c1ccccc1. The Balaban J connectivity index is 2.06. The van der Waals surface area contributed by atoms with E-state index >= 15 is 0 Å². The number of hydrogen-bond acceptors (Lipinski definition) is 2. The molecule has 0 fully saturated rings. The molecule has 2 rings (SSSR count). The topological polar surface area (TPSA) is 34.1 Å². The molecule has 2 aromatic carbocycles. The highest BCUT2D eigenvalue weighted by molar-refractivity contribution is 9.09. The molecule has 0 heterocycles. The summed E-state index contributed by atoms with van der Waals surface area (Å²) in [5, 5.41) is -0.320. The number of hydrogen-bond donors (Lipinski definition) is 0. The summed E-state index contributed by atoms with van der Waals surface area (Å²) in [5.74, 6) is -0.532. The van der Waals surface area contributed by atoms with Crippen LogP contribution in [0.1, 0.15) is 28.3 Å². The minimum Gasteiger partial charge on any atom is -0.299 e. The monoisotopic (exact) mass is 378 g/mol. The van der Waals surface area contributed by atoms with E-state index in [9.17, 15) is 9.59 Å². The second kappa shape index (κ2) is 8.25. The van der Waals surface area contributed by atoms with Gasteiger partial charge in [0, 0.05) is 17.3 Å². The van der Waals surface area contributed by atoms with Crippen LogP contribution in [0, 0.1) is 0 Å². The van der Waals surface area contributed by atoms with Crippen molar-refractivity contribution in [3.05, 3.63) is 71.8 Å². The van der Waals surface area contributed by atoms with E-state index in [-0.39, 0.29) is 23.9 Å². The molecule has 2 nitrogen and oxygen atoms in total. The van der Waals surface area contributed by atoms with E-state index in [1.165, 1.54) is 0 Å². The molecule has 0 aliphatic heterocycles. The first-order valence-corrected chi connectivity index (χ1v) is 8.56. The Hall–Kier alpha value is -1.45. The molecular weight excluding hydrogens is 364 g/mol. The van der Waals surface area contributed by atoms with Crippen molar-refractivity contribution in [1.82, 2.24) is 0 Å². The van der Waals surface area contributed by atoms with Crippen LogP contribution in [0.3, 0.4) is 0 Å². The van der Waals surface area contributed by atoms with Crippen molar-refractivity contribution in [3.63, 3.8) is 0 Å². The zero-order valence-electron chi connectivity index (χ0n) is 11.9. The fourth-order valence-electron chi connectivity index (χ4n) is 2.24. The third-order valence-electron chi connectivity index (χ3n) is 3.47. The number of alkyl halides is 2. The lowest BCUT2D eigenvalue weighted by molar-refractivity contribution is -0.119. The van der Waals surface area contributed by atoms with Crippen LogP contribution in [0.2, 0.25) is 0 Å². The molecule has 114 valence electrons. The minimum atomic E-state index is -0.833. The maximum atomic E-state index is 12.5. The average Bonchev–Trinajstić information content (AvgIpc) is 2.56. The molecule has 2 unspecified atom stereocenters. The Morgan fingerprint density at radius 2 is 1.50 bits per heavy atom. The van der Waals surface area contributed by atoms with E-state index in [1.54, 1.807) is 24.3 Å². The van der Waals surface area contributed by atoms with E-state index in [4.69, 9.17) is 11.6 Å². The summed E-state index contributed by atoms with van der Waals surface area (Å²) in [6.07, 6.45) is 0.0282. The number of rotatable bonds is 7. The van der Waals surface area contributed by atoms with Crippen LogP contribution in [-0.4, -0.2) is 22.3 Å². The lowest BCUT2D eigenvalue weighted by Crippen LogP contribution is -2.23. The molecule has 0 spiro atoms. The van der Waals surface area contributed by atoms with Crippen molar-refractivity contribution in [2.24, 2.45) is 0 Å². The molecule has 2 aromatic rings. The van der Waals surface area contributed by atoms with E-state index in [0.717, 1.165) is 5.56 Å². The van der Waals surface area contributed by atoms with Crippen LogP contribution in [0.15, 0.2) is 60.7 Å². The third-order valence-corrected chi connectivity index (χ3v) is 4.47. The summed E-state index contributed by atoms with van der Waals surface area (Å²) in [7, 11) is 0. The van der Waals surface area contributed by atoms with Gasteiger partial charge in [0.1, 0.15) is 11.2 Å². The van der Waals surface area contributed by atoms with Gasteiger partial charge in [-0.1, -0.05) is 76.6 Å². The molecule has 0 saturated carbocycles. The summed E-state index contributed by atoms with van der Waals surface area (Å²) in [5.41, 5.74) is 1.46. The third kappa shape index (κ3) is 4.28. The number of ketones is 2. The second-order valence-electron chi connectivity index (χ2n) is 4.99. The van der Waals surface area contributed by atoms with Crippen molar-refractivity contribution in [2.45, 2.75) is 17.7 Å². The molecule has 2 atom stereocenters. The van der Waals surface area contributed by atoms with Gasteiger partial charge >= 0.3 is 0 Å². The molecule has 4 heteroatoms. The highest BCUT2D eigenvalue weighted by Gasteiger charge is 2.26. The average molecular weight is 380 g/mol. The number of carbonyl (C=O) groups excluding carboxylic acids is 2. The summed E-state index contributed by atoms with van der Waals surface area (Å²) in [6.45, 7) is 0. The van der Waals surface area contributed by atoms with Gasteiger partial charge in [-0.25, -0.2) is 0 Å². The molecule has 0 radical (unpaired) electrons. The summed E-state index contributed by atoms with van der Waals surface area (Å²) in [6, 6.07) is 18.3. The van der Waals surface area contributed by atoms with E-state index in [0.29, 0.717) is 10.9 Å². The lowest BCUT2D eigenvalue weighted by Gasteiger charge is -2.15. The van der Waals surface area contributed by atoms with Crippen LogP contribution in [0.5, 0.6) is 0 Å². The lowest BCUT2D eigenvalue weighted by atomic mass is 9.92. The predicted molar refractivity (Wildman–Crippen MR) is 93.0 cm³/mol. The standard InChI is InChI=1S/C18H16BrClO2/c19-12-15(13-7-3-1-4-8-13)17(21)11-16(20)18(22)14-9-5-2-6-10-14/h1-10,15-16H,11-12H2.